The zero-order valence-electron chi connectivity index (χ0n) is 50.6. The van der Waals surface area contributed by atoms with Crippen molar-refractivity contribution < 1.29 is 4.74 Å². The number of ether oxygens (including phenoxy) is 1. The number of anilines is 6. The Morgan fingerprint density at radius 2 is 0.720 bits per heavy atom. The molecule has 15 rings (SSSR count). The van der Waals surface area contributed by atoms with Crippen molar-refractivity contribution >= 4 is 127 Å². The van der Waals surface area contributed by atoms with Crippen LogP contribution in [0.25, 0.3) is 0 Å². The third-order valence-corrected chi connectivity index (χ3v) is 20.3. The van der Waals surface area contributed by atoms with Gasteiger partial charge in [0.15, 0.2) is 0 Å². The molecule has 0 N–H and O–H groups in total. The van der Waals surface area contributed by atoms with Gasteiger partial charge in [-0.15, -0.1) is 0 Å². The van der Waals surface area contributed by atoms with Crippen LogP contribution in [-0.4, -0.2) is 26.9 Å². The van der Waals surface area contributed by atoms with Crippen molar-refractivity contribution in [2.75, 3.05) is 9.80 Å². The molecule has 0 spiro atoms. The molecule has 402 valence electrons. The van der Waals surface area contributed by atoms with Gasteiger partial charge in [-0.25, -0.2) is 0 Å². The summed E-state index contributed by atoms with van der Waals surface area (Å²) in [6.07, 6.45) is 0. The normalized spacial score (nSPS) is 15.2. The maximum absolute atomic E-state index is 7.46. The minimum absolute atomic E-state index is 0.0368. The Morgan fingerprint density at radius 3 is 1.22 bits per heavy atom. The van der Waals surface area contributed by atoms with Gasteiger partial charge in [0.1, 0.15) is 11.5 Å². The second-order valence-corrected chi connectivity index (χ2v) is 27.3. The van der Waals surface area contributed by atoms with Gasteiger partial charge in [-0.1, -0.05) is 241 Å². The van der Waals surface area contributed by atoms with Gasteiger partial charge in [-0.3, -0.25) is 0 Å². The molecule has 6 aliphatic rings. The molecule has 6 aliphatic heterocycles. The van der Waals surface area contributed by atoms with Crippen LogP contribution in [-0.2, 0) is 5.41 Å². The predicted molar refractivity (Wildman–Crippen MR) is 357 cm³/mol. The van der Waals surface area contributed by atoms with E-state index >= 15 is 0 Å². The molecule has 0 radical (unpaired) electrons. The summed E-state index contributed by atoms with van der Waals surface area (Å²) in [5.74, 6) is 3.96. The minimum atomic E-state index is -0.374. The molecule has 3 nitrogen and oxygen atoms in total. The Balaban J connectivity index is 1.14. The van der Waals surface area contributed by atoms with Crippen LogP contribution in [0.3, 0.4) is 0 Å². The molecule has 0 fully saturated rings. The molecule has 0 unspecified atom stereocenters. The molecule has 6 heterocycles. The van der Waals surface area contributed by atoms with Crippen molar-refractivity contribution in [1.29, 1.82) is 0 Å². The van der Waals surface area contributed by atoms with Gasteiger partial charge in [-0.05, 0) is 153 Å². The van der Waals surface area contributed by atoms with Crippen molar-refractivity contribution in [1.82, 2.24) is 0 Å². The van der Waals surface area contributed by atoms with Gasteiger partial charge in [-0.2, -0.15) is 0 Å². The summed E-state index contributed by atoms with van der Waals surface area (Å²) in [5, 5.41) is 0. The Labute approximate surface area is 489 Å². The van der Waals surface area contributed by atoms with E-state index in [9.17, 15) is 0 Å². The summed E-state index contributed by atoms with van der Waals surface area (Å²) < 4.78 is 7.46. The van der Waals surface area contributed by atoms with Gasteiger partial charge >= 0.3 is 0 Å². The quantitative estimate of drug-likeness (QED) is 0.141. The monoisotopic (exact) mass is 1060 g/mol. The molecule has 9 aromatic rings. The van der Waals surface area contributed by atoms with E-state index in [1.807, 2.05) is 0 Å². The maximum atomic E-state index is 7.46. The highest BCUT2D eigenvalue weighted by molar-refractivity contribution is 7.07. The van der Waals surface area contributed by atoms with E-state index in [1.165, 1.54) is 144 Å². The fourth-order valence-corrected chi connectivity index (χ4v) is 16.6. The lowest BCUT2D eigenvalue weighted by atomic mass is 9.23. The van der Waals surface area contributed by atoms with E-state index in [-0.39, 0.29) is 32.3 Å². The first kappa shape index (κ1) is 51.5. The molecule has 82 heavy (non-hydrogen) atoms. The van der Waals surface area contributed by atoms with Gasteiger partial charge < -0.3 is 14.5 Å². The van der Waals surface area contributed by atoms with Crippen LogP contribution in [0, 0.1) is 0 Å². The molecule has 0 saturated heterocycles. The van der Waals surface area contributed by atoms with E-state index in [1.54, 1.807) is 0 Å². The maximum Gasteiger partial charge on any atom is 0.252 e. The molecular formula is C75H74B4N2O. The largest absolute Gasteiger partial charge is 0.458 e. The van der Waals surface area contributed by atoms with Crippen LogP contribution < -0.4 is 80.1 Å². The van der Waals surface area contributed by atoms with Crippen molar-refractivity contribution in [3.8, 4) is 11.5 Å². The lowest BCUT2D eigenvalue weighted by Crippen LogP contribution is -2.75. The number of nitrogens with zero attached hydrogens (tertiary/aromatic N) is 2. The number of fused-ring (bicyclic) bond motifs is 16. The smallest absolute Gasteiger partial charge is 0.252 e. The molecule has 0 aliphatic carbocycles. The zero-order valence-corrected chi connectivity index (χ0v) is 50.6. The van der Waals surface area contributed by atoms with Gasteiger partial charge in [0.25, 0.3) is 13.4 Å². The number of benzene rings is 9. The second kappa shape index (κ2) is 18.3. The van der Waals surface area contributed by atoms with Crippen LogP contribution in [0.15, 0.2) is 158 Å². The molecule has 7 heteroatoms. The number of para-hydroxylation sites is 4. The SMILES string of the molecule is CC(C)c1cc(C(C)C)c(B2c3ccccc3Oc3cc4c(cc32)B2c3ccccc3N3c5ccccc5B5c6ccccc6C(C)(C)c6c5c3c2c2c6B(c3c(C(C)C)cc(C(C)C)cc3C(C)C)c3ccccc3N42)c(C(C)C)c1. The van der Waals surface area contributed by atoms with Crippen LogP contribution in [0.5, 0.6) is 11.5 Å². The average molecular weight is 1060 g/mol. The lowest BCUT2D eigenvalue weighted by molar-refractivity contribution is 0.487. The lowest BCUT2D eigenvalue weighted by Gasteiger charge is -2.55. The van der Waals surface area contributed by atoms with E-state index < -0.39 is 0 Å². The zero-order chi connectivity index (χ0) is 56.7. The molecule has 0 bridgehead atoms. The van der Waals surface area contributed by atoms with E-state index in [0.717, 1.165) is 11.5 Å². The van der Waals surface area contributed by atoms with Crippen LogP contribution in [0.2, 0.25) is 0 Å². The summed E-state index contributed by atoms with van der Waals surface area (Å²) >= 11 is 0. The molecule has 0 amide bonds. The van der Waals surface area contributed by atoms with E-state index in [0.29, 0.717) is 35.5 Å². The summed E-state index contributed by atoms with van der Waals surface area (Å²) in [7, 11) is 0. The predicted octanol–water partition coefficient (Wildman–Crippen LogP) is 11.4. The molecule has 0 aromatic heterocycles. The van der Waals surface area contributed by atoms with Crippen LogP contribution >= 0.6 is 0 Å². The van der Waals surface area contributed by atoms with Crippen molar-refractivity contribution in [3.05, 3.63) is 202 Å². The van der Waals surface area contributed by atoms with Gasteiger partial charge in [0.2, 0.25) is 13.4 Å². The highest BCUT2D eigenvalue weighted by Gasteiger charge is 2.57. The Kier molecular flexibility index (Phi) is 11.5. The Morgan fingerprint density at radius 1 is 0.329 bits per heavy atom. The Bertz CT molecular complexity index is 4140. The minimum Gasteiger partial charge on any atom is -0.458 e. The molecule has 0 saturated carbocycles. The number of hydrogen-bond acceptors (Lipinski definition) is 3. The first-order valence-electron chi connectivity index (χ1n) is 31.0. The summed E-state index contributed by atoms with van der Waals surface area (Å²) in [6.45, 7) is 33.8. The fourth-order valence-electron chi connectivity index (χ4n) is 16.6. The van der Waals surface area contributed by atoms with Crippen molar-refractivity contribution in [2.24, 2.45) is 0 Å². The highest BCUT2D eigenvalue weighted by atomic mass is 16.5. The topological polar surface area (TPSA) is 15.7 Å². The molecule has 0 atom stereocenters. The summed E-state index contributed by atoms with van der Waals surface area (Å²) in [4.78, 5) is 5.49. The average Bonchev–Trinajstić information content (AvgIpc) is 2.13. The van der Waals surface area contributed by atoms with Crippen LogP contribution in [0.1, 0.15) is 177 Å². The van der Waals surface area contributed by atoms with Crippen molar-refractivity contribution in [3.63, 3.8) is 0 Å². The van der Waals surface area contributed by atoms with E-state index in [4.69, 9.17) is 4.74 Å². The number of rotatable bonds is 8. The third kappa shape index (κ3) is 6.95. The second-order valence-electron chi connectivity index (χ2n) is 27.3. The standard InChI is InChI=1S/C75H74B4N2O/c1-41(2)47-35-49(43(5)6)68(50(36-47)44(7)8)78-58-30-20-24-34-65(58)82-66-40-64-59(39-60(66)78)77-56-28-18-22-32-62(56)80-61-31-21-17-27-55(61)76-54-26-16-15-25-53(54)75(13,14)67-70(76)73(80)72(77)74-71(67)79(57-29-19-23-33-63(57)81(64)74)69-51(45(9)10)37-48(42(3)4)38-52(69)46(11)12/h15-46H,1-14H3. The first-order valence-corrected chi connectivity index (χ1v) is 31.0. The van der Waals surface area contributed by atoms with Crippen molar-refractivity contribution in [2.45, 2.75) is 138 Å². The van der Waals surface area contributed by atoms with Crippen LogP contribution in [0.4, 0.5) is 34.1 Å². The molecular weight excluding hydrogens is 988 g/mol. The number of hydrogen-bond donors (Lipinski definition) is 0. The molecule has 9 aromatic carbocycles. The highest BCUT2D eigenvalue weighted by Crippen LogP contribution is 2.50. The third-order valence-electron chi connectivity index (χ3n) is 20.3. The van der Waals surface area contributed by atoms with E-state index in [2.05, 4.69) is 264 Å². The van der Waals surface area contributed by atoms with Gasteiger partial charge in [0, 0.05) is 45.6 Å². The summed E-state index contributed by atoms with van der Waals surface area (Å²) in [6, 6.07) is 62.4. The summed E-state index contributed by atoms with van der Waals surface area (Å²) in [5.41, 5.74) is 35.7. The first-order chi connectivity index (χ1) is 39.5. The van der Waals surface area contributed by atoms with Gasteiger partial charge in [0.05, 0.1) is 0 Å². The Hall–Kier alpha value is -7.36. The fraction of sp³-hybridized carbons (Fsp3) is 0.280.